The van der Waals surface area contributed by atoms with Crippen LogP contribution in [0.2, 0.25) is 5.02 Å². The Morgan fingerprint density at radius 3 is 2.44 bits per heavy atom. The molecule has 0 atom stereocenters. The number of hydrogen-bond acceptors (Lipinski definition) is 4. The maximum Gasteiger partial charge on any atom is 0.416 e. The Morgan fingerprint density at radius 1 is 1.16 bits per heavy atom. The number of halogens is 4. The summed E-state index contributed by atoms with van der Waals surface area (Å²) < 4.78 is 49.1. The van der Waals surface area contributed by atoms with Crippen molar-refractivity contribution in [2.45, 2.75) is 19.7 Å². The van der Waals surface area contributed by atoms with Gasteiger partial charge in [-0.2, -0.15) is 13.2 Å². The zero-order chi connectivity index (χ0) is 23.3. The molecule has 0 unspecified atom stereocenters. The van der Waals surface area contributed by atoms with Crippen LogP contribution in [0, 0.1) is 6.92 Å². The summed E-state index contributed by atoms with van der Waals surface area (Å²) in [5.74, 6) is -0.0195. The Labute approximate surface area is 186 Å². The van der Waals surface area contributed by atoms with Crippen molar-refractivity contribution in [1.82, 2.24) is 4.98 Å². The van der Waals surface area contributed by atoms with Crippen LogP contribution in [0.5, 0.6) is 17.4 Å². The molecular formula is C23H17ClF3NO4. The van der Waals surface area contributed by atoms with Crippen LogP contribution in [0.3, 0.4) is 0 Å². The Balaban J connectivity index is 1.63. The van der Waals surface area contributed by atoms with Crippen molar-refractivity contribution < 1.29 is 32.5 Å². The number of alkyl halides is 3. The van der Waals surface area contributed by atoms with E-state index >= 15 is 0 Å². The summed E-state index contributed by atoms with van der Waals surface area (Å²) in [6.45, 7) is 1.84. The van der Waals surface area contributed by atoms with Crippen molar-refractivity contribution in [3.05, 3.63) is 88.1 Å². The van der Waals surface area contributed by atoms with Gasteiger partial charge in [-0.15, -0.1) is 0 Å². The molecule has 0 aliphatic rings. The number of carboxylic acids is 1. The highest BCUT2D eigenvalue weighted by atomic mass is 35.5. The zero-order valence-electron chi connectivity index (χ0n) is 16.7. The van der Waals surface area contributed by atoms with Gasteiger partial charge in [0.2, 0.25) is 5.88 Å². The molecule has 0 bridgehead atoms. The SMILES string of the molecule is Cc1cc(C=CC(=O)O)cc(Cl)c1Oc1ccc(OCc2ccc(C(F)(F)F)cc2)cn1. The first kappa shape index (κ1) is 23.1. The van der Waals surface area contributed by atoms with Gasteiger partial charge in [0.1, 0.15) is 12.4 Å². The number of benzene rings is 2. The summed E-state index contributed by atoms with van der Waals surface area (Å²) in [5, 5.41) is 9.02. The normalized spacial score (nSPS) is 11.5. The molecule has 1 heterocycles. The molecule has 1 N–H and O–H groups in total. The standard InChI is InChI=1S/C23H17ClF3NO4/c1-14-10-16(4-9-21(29)30)11-19(24)22(14)32-20-8-7-18(12-28-20)31-13-15-2-5-17(6-3-15)23(25,26)27/h2-12H,13H2,1H3,(H,29,30). The molecule has 9 heteroatoms. The molecule has 0 aliphatic heterocycles. The minimum Gasteiger partial charge on any atom is -0.487 e. The zero-order valence-corrected chi connectivity index (χ0v) is 17.4. The predicted octanol–water partition coefficient (Wildman–Crippen LogP) is 6.53. The van der Waals surface area contributed by atoms with E-state index in [0.29, 0.717) is 33.2 Å². The summed E-state index contributed by atoms with van der Waals surface area (Å²) in [6, 6.07) is 11.2. The number of aliphatic carboxylic acids is 1. The fraction of sp³-hybridized carbons (Fsp3) is 0.130. The fourth-order valence-corrected chi connectivity index (χ4v) is 3.04. The smallest absolute Gasteiger partial charge is 0.416 e. The molecule has 0 aliphatic carbocycles. The number of carbonyl (C=O) groups is 1. The molecule has 0 radical (unpaired) electrons. The van der Waals surface area contributed by atoms with E-state index < -0.39 is 17.7 Å². The van der Waals surface area contributed by atoms with Gasteiger partial charge in [-0.1, -0.05) is 23.7 Å². The predicted molar refractivity (Wildman–Crippen MR) is 113 cm³/mol. The average Bonchev–Trinajstić information content (AvgIpc) is 2.74. The average molecular weight is 464 g/mol. The Morgan fingerprint density at radius 2 is 1.88 bits per heavy atom. The maximum atomic E-state index is 12.6. The van der Waals surface area contributed by atoms with Crippen LogP contribution in [-0.2, 0) is 17.6 Å². The van der Waals surface area contributed by atoms with Crippen molar-refractivity contribution in [3.8, 4) is 17.4 Å². The molecule has 0 spiro atoms. The Bertz CT molecular complexity index is 1100. The lowest BCUT2D eigenvalue weighted by Gasteiger charge is -2.12. The van der Waals surface area contributed by atoms with Crippen molar-refractivity contribution >= 4 is 23.6 Å². The quantitative estimate of drug-likeness (QED) is 0.403. The molecule has 0 fully saturated rings. The van der Waals surface area contributed by atoms with E-state index in [-0.39, 0.29) is 12.5 Å². The Hall–Kier alpha value is -3.52. The molecular weight excluding hydrogens is 447 g/mol. The molecule has 32 heavy (non-hydrogen) atoms. The highest BCUT2D eigenvalue weighted by molar-refractivity contribution is 6.32. The molecule has 0 saturated heterocycles. The molecule has 3 rings (SSSR count). The first-order chi connectivity index (χ1) is 15.1. The van der Waals surface area contributed by atoms with E-state index in [0.717, 1.165) is 18.2 Å². The lowest BCUT2D eigenvalue weighted by molar-refractivity contribution is -0.137. The largest absolute Gasteiger partial charge is 0.487 e. The number of carboxylic acid groups (broad SMARTS) is 1. The number of pyridine rings is 1. The third kappa shape index (κ3) is 6.24. The minimum absolute atomic E-state index is 0.0796. The van der Waals surface area contributed by atoms with E-state index in [1.807, 2.05) is 0 Å². The monoisotopic (exact) mass is 463 g/mol. The summed E-state index contributed by atoms with van der Waals surface area (Å²) >= 11 is 6.26. The highest BCUT2D eigenvalue weighted by Crippen LogP contribution is 2.34. The molecule has 5 nitrogen and oxygen atoms in total. The van der Waals surface area contributed by atoms with Gasteiger partial charge in [-0.05, 0) is 60.0 Å². The van der Waals surface area contributed by atoms with Gasteiger partial charge in [-0.3, -0.25) is 0 Å². The highest BCUT2D eigenvalue weighted by Gasteiger charge is 2.29. The second-order valence-electron chi connectivity index (χ2n) is 6.74. The van der Waals surface area contributed by atoms with Crippen LogP contribution in [0.15, 0.2) is 60.8 Å². The van der Waals surface area contributed by atoms with Gasteiger partial charge in [0.15, 0.2) is 5.75 Å². The number of ether oxygens (including phenoxy) is 2. The maximum absolute atomic E-state index is 12.6. The summed E-state index contributed by atoms with van der Waals surface area (Å²) in [4.78, 5) is 14.8. The molecule has 0 amide bonds. The van der Waals surface area contributed by atoms with Crippen molar-refractivity contribution in [1.29, 1.82) is 0 Å². The van der Waals surface area contributed by atoms with Crippen LogP contribution in [0.4, 0.5) is 13.2 Å². The number of aromatic nitrogens is 1. The third-order valence-electron chi connectivity index (χ3n) is 4.27. The van der Waals surface area contributed by atoms with Crippen molar-refractivity contribution in [2.24, 2.45) is 0 Å². The van der Waals surface area contributed by atoms with Crippen LogP contribution >= 0.6 is 11.6 Å². The summed E-state index contributed by atoms with van der Waals surface area (Å²) in [7, 11) is 0. The first-order valence-corrected chi connectivity index (χ1v) is 9.63. The lowest BCUT2D eigenvalue weighted by Crippen LogP contribution is -2.05. The number of aryl methyl sites for hydroxylation is 1. The summed E-state index contributed by atoms with van der Waals surface area (Å²) in [6.07, 6.45) is -0.523. The van der Waals surface area contributed by atoms with Crippen LogP contribution in [-0.4, -0.2) is 16.1 Å². The molecule has 166 valence electrons. The third-order valence-corrected chi connectivity index (χ3v) is 4.55. The van der Waals surface area contributed by atoms with E-state index in [4.69, 9.17) is 26.2 Å². The van der Waals surface area contributed by atoms with Gasteiger partial charge in [0.05, 0.1) is 16.8 Å². The molecule has 0 saturated carbocycles. The molecule has 2 aromatic carbocycles. The minimum atomic E-state index is -4.38. The van der Waals surface area contributed by atoms with Crippen molar-refractivity contribution in [3.63, 3.8) is 0 Å². The van der Waals surface area contributed by atoms with Crippen LogP contribution < -0.4 is 9.47 Å². The van der Waals surface area contributed by atoms with E-state index in [9.17, 15) is 18.0 Å². The second-order valence-corrected chi connectivity index (χ2v) is 7.15. The number of nitrogens with zero attached hydrogens (tertiary/aromatic N) is 1. The van der Waals surface area contributed by atoms with Gasteiger partial charge >= 0.3 is 12.1 Å². The topological polar surface area (TPSA) is 68.7 Å². The Kier molecular flexibility index (Phi) is 7.05. The van der Waals surface area contributed by atoms with Gasteiger partial charge < -0.3 is 14.6 Å². The van der Waals surface area contributed by atoms with Gasteiger partial charge in [0.25, 0.3) is 0 Å². The number of rotatable bonds is 7. The lowest BCUT2D eigenvalue weighted by atomic mass is 10.1. The van der Waals surface area contributed by atoms with Gasteiger partial charge in [-0.25, -0.2) is 9.78 Å². The van der Waals surface area contributed by atoms with Crippen molar-refractivity contribution in [2.75, 3.05) is 0 Å². The second kappa shape index (κ2) is 9.74. The van der Waals surface area contributed by atoms with E-state index in [1.165, 1.54) is 24.4 Å². The van der Waals surface area contributed by atoms with E-state index in [1.54, 1.807) is 31.2 Å². The van der Waals surface area contributed by atoms with Crippen LogP contribution in [0.25, 0.3) is 6.08 Å². The molecule has 3 aromatic rings. The summed E-state index contributed by atoms with van der Waals surface area (Å²) in [5.41, 5.74) is 1.16. The molecule has 1 aromatic heterocycles. The fourth-order valence-electron chi connectivity index (χ4n) is 2.72. The van der Waals surface area contributed by atoms with Gasteiger partial charge in [0, 0.05) is 12.1 Å². The van der Waals surface area contributed by atoms with E-state index in [2.05, 4.69) is 4.98 Å². The first-order valence-electron chi connectivity index (χ1n) is 9.26. The number of hydrogen-bond donors (Lipinski definition) is 1. The van der Waals surface area contributed by atoms with Crippen LogP contribution in [0.1, 0.15) is 22.3 Å².